The van der Waals surface area contributed by atoms with Gasteiger partial charge in [-0.1, -0.05) is 6.92 Å². The summed E-state index contributed by atoms with van der Waals surface area (Å²) < 4.78 is 9.45. The lowest BCUT2D eigenvalue weighted by Gasteiger charge is -2.03. The minimum absolute atomic E-state index is 0.633. The van der Waals surface area contributed by atoms with E-state index in [1.165, 1.54) is 0 Å². The van der Waals surface area contributed by atoms with Gasteiger partial charge in [-0.15, -0.1) is 0 Å². The second kappa shape index (κ2) is 5.34. The Morgan fingerprint density at radius 2 is 2.31 bits per heavy atom. The van der Waals surface area contributed by atoms with Crippen LogP contribution in [0.5, 0.6) is 5.75 Å². The van der Waals surface area contributed by atoms with E-state index < -0.39 is 0 Å². The maximum atomic E-state index is 5.57. The van der Waals surface area contributed by atoms with Crippen molar-refractivity contribution in [3.05, 3.63) is 31.1 Å². The van der Waals surface area contributed by atoms with Gasteiger partial charge < -0.3 is 9.30 Å². The molecule has 0 saturated heterocycles. The van der Waals surface area contributed by atoms with Gasteiger partial charge in [0.1, 0.15) is 6.61 Å². The van der Waals surface area contributed by atoms with Gasteiger partial charge in [0, 0.05) is 18.9 Å². The molecule has 5 nitrogen and oxygen atoms in total. The molecule has 86 valence electrons. The lowest BCUT2D eigenvalue weighted by molar-refractivity contribution is 0.298. The minimum Gasteiger partial charge on any atom is -0.488 e. The lowest BCUT2D eigenvalue weighted by Crippen LogP contribution is -2.06. The van der Waals surface area contributed by atoms with Crippen LogP contribution in [0.15, 0.2) is 31.1 Å². The number of hydrogen-bond acceptors (Lipinski definition) is 3. The normalized spacial score (nSPS) is 10.6. The quantitative estimate of drug-likeness (QED) is 0.742. The van der Waals surface area contributed by atoms with Crippen LogP contribution in [0, 0.1) is 0 Å². The number of hydrogen-bond donors (Lipinski definition) is 0. The summed E-state index contributed by atoms with van der Waals surface area (Å²) in [5.74, 6) is 0.827. The third-order valence-corrected chi connectivity index (χ3v) is 2.24. The predicted octanol–water partition coefficient (Wildman–Crippen LogP) is 1.57. The molecule has 0 unspecified atom stereocenters. The third kappa shape index (κ3) is 2.85. The molecule has 0 amide bonds. The van der Waals surface area contributed by atoms with E-state index in [2.05, 4.69) is 17.0 Å². The zero-order chi connectivity index (χ0) is 11.2. The van der Waals surface area contributed by atoms with Gasteiger partial charge in [-0.05, 0) is 6.42 Å². The predicted molar refractivity (Wildman–Crippen MR) is 60.2 cm³/mol. The molecular weight excluding hydrogens is 204 g/mol. The van der Waals surface area contributed by atoms with Crippen molar-refractivity contribution >= 4 is 0 Å². The van der Waals surface area contributed by atoms with E-state index in [4.69, 9.17) is 4.74 Å². The molecule has 0 bridgehead atoms. The smallest absolute Gasteiger partial charge is 0.157 e. The molecule has 0 aromatic carbocycles. The fourth-order valence-corrected chi connectivity index (χ4v) is 1.46. The van der Waals surface area contributed by atoms with Gasteiger partial charge >= 0.3 is 0 Å². The molecule has 5 heteroatoms. The van der Waals surface area contributed by atoms with E-state index in [1.54, 1.807) is 18.7 Å². The van der Waals surface area contributed by atoms with Gasteiger partial charge in [-0.3, -0.25) is 4.68 Å². The van der Waals surface area contributed by atoms with Crippen LogP contribution < -0.4 is 4.74 Å². The van der Waals surface area contributed by atoms with E-state index in [1.807, 2.05) is 21.6 Å². The summed E-state index contributed by atoms with van der Waals surface area (Å²) in [4.78, 5) is 3.97. The van der Waals surface area contributed by atoms with Crippen LogP contribution in [0.1, 0.15) is 13.3 Å². The fourth-order valence-electron chi connectivity index (χ4n) is 1.46. The molecule has 2 aromatic heterocycles. The van der Waals surface area contributed by atoms with Gasteiger partial charge in [0.2, 0.25) is 0 Å². The molecule has 0 atom stereocenters. The molecule has 0 N–H and O–H groups in total. The van der Waals surface area contributed by atoms with Crippen LogP contribution in [0.25, 0.3) is 0 Å². The van der Waals surface area contributed by atoms with Gasteiger partial charge in [-0.25, -0.2) is 4.98 Å². The Bertz CT molecular complexity index is 407. The summed E-state index contributed by atoms with van der Waals surface area (Å²) in [6.07, 6.45) is 10.2. The summed E-state index contributed by atoms with van der Waals surface area (Å²) in [6, 6.07) is 0. The SMILES string of the molecule is CCCn1cc(OCCn2ccnc2)cn1. The Kier molecular flexibility index (Phi) is 3.58. The molecule has 2 aromatic rings. The van der Waals surface area contributed by atoms with Gasteiger partial charge in [-0.2, -0.15) is 5.10 Å². The van der Waals surface area contributed by atoms with Crippen molar-refractivity contribution in [2.24, 2.45) is 0 Å². The Morgan fingerprint density at radius 1 is 1.38 bits per heavy atom. The highest BCUT2D eigenvalue weighted by Gasteiger charge is 1.98. The molecule has 0 fully saturated rings. The summed E-state index contributed by atoms with van der Waals surface area (Å²) in [7, 11) is 0. The summed E-state index contributed by atoms with van der Waals surface area (Å²) in [5, 5.41) is 4.19. The number of imidazole rings is 1. The van der Waals surface area contributed by atoms with E-state index in [0.29, 0.717) is 6.61 Å². The zero-order valence-electron chi connectivity index (χ0n) is 9.41. The van der Waals surface area contributed by atoms with Crippen molar-refractivity contribution in [3.63, 3.8) is 0 Å². The summed E-state index contributed by atoms with van der Waals surface area (Å²) in [6.45, 7) is 4.50. The van der Waals surface area contributed by atoms with Crippen LogP contribution in [0.2, 0.25) is 0 Å². The zero-order valence-corrected chi connectivity index (χ0v) is 9.41. The topological polar surface area (TPSA) is 44.9 Å². The number of rotatable bonds is 6. The number of nitrogens with zero attached hydrogens (tertiary/aromatic N) is 4. The molecule has 2 heterocycles. The Hall–Kier alpha value is -1.78. The Labute approximate surface area is 94.7 Å². The Balaban J connectivity index is 1.76. The van der Waals surface area contributed by atoms with Crippen LogP contribution in [-0.2, 0) is 13.1 Å². The standard InChI is InChI=1S/C11H16N4O/c1-2-4-15-9-11(8-13-15)16-7-6-14-5-3-12-10-14/h3,5,8-10H,2,4,6-7H2,1H3. The van der Waals surface area contributed by atoms with E-state index in [9.17, 15) is 0 Å². The number of aryl methyl sites for hydroxylation is 1. The number of aromatic nitrogens is 4. The molecule has 0 aliphatic heterocycles. The van der Waals surface area contributed by atoms with Crippen molar-refractivity contribution < 1.29 is 4.74 Å². The van der Waals surface area contributed by atoms with E-state index in [0.717, 1.165) is 25.3 Å². The first-order valence-corrected chi connectivity index (χ1v) is 5.49. The van der Waals surface area contributed by atoms with E-state index >= 15 is 0 Å². The largest absolute Gasteiger partial charge is 0.488 e. The molecule has 0 aliphatic rings. The third-order valence-electron chi connectivity index (χ3n) is 2.24. The molecule has 0 aliphatic carbocycles. The summed E-state index contributed by atoms with van der Waals surface area (Å²) in [5.41, 5.74) is 0. The minimum atomic E-state index is 0.633. The lowest BCUT2D eigenvalue weighted by atomic mass is 10.5. The fraction of sp³-hybridized carbons (Fsp3) is 0.455. The first-order chi connectivity index (χ1) is 7.88. The van der Waals surface area contributed by atoms with Crippen LogP contribution in [0.3, 0.4) is 0 Å². The van der Waals surface area contributed by atoms with Crippen LogP contribution >= 0.6 is 0 Å². The van der Waals surface area contributed by atoms with Crippen LogP contribution in [0.4, 0.5) is 0 Å². The first kappa shape index (κ1) is 10.7. The van der Waals surface area contributed by atoms with Crippen LogP contribution in [-0.4, -0.2) is 25.9 Å². The highest BCUT2D eigenvalue weighted by molar-refractivity contribution is 5.11. The van der Waals surface area contributed by atoms with Crippen molar-refractivity contribution in [2.45, 2.75) is 26.4 Å². The molecule has 0 saturated carbocycles. The molecule has 0 spiro atoms. The van der Waals surface area contributed by atoms with Gasteiger partial charge in [0.25, 0.3) is 0 Å². The maximum absolute atomic E-state index is 5.57. The number of ether oxygens (including phenoxy) is 1. The van der Waals surface area contributed by atoms with Gasteiger partial charge in [0.05, 0.1) is 25.3 Å². The molecule has 0 radical (unpaired) electrons. The van der Waals surface area contributed by atoms with Crippen molar-refractivity contribution in [3.8, 4) is 5.75 Å². The van der Waals surface area contributed by atoms with Gasteiger partial charge in [0.15, 0.2) is 5.75 Å². The molecule has 16 heavy (non-hydrogen) atoms. The highest BCUT2D eigenvalue weighted by atomic mass is 16.5. The first-order valence-electron chi connectivity index (χ1n) is 5.49. The molecule has 2 rings (SSSR count). The summed E-state index contributed by atoms with van der Waals surface area (Å²) >= 11 is 0. The monoisotopic (exact) mass is 220 g/mol. The Morgan fingerprint density at radius 3 is 3.06 bits per heavy atom. The molecular formula is C11H16N4O. The second-order valence-electron chi connectivity index (χ2n) is 3.59. The average Bonchev–Trinajstić information content (AvgIpc) is 2.90. The van der Waals surface area contributed by atoms with Crippen molar-refractivity contribution in [2.75, 3.05) is 6.61 Å². The van der Waals surface area contributed by atoms with E-state index in [-0.39, 0.29) is 0 Å². The van der Waals surface area contributed by atoms with Crippen molar-refractivity contribution in [1.82, 2.24) is 19.3 Å². The van der Waals surface area contributed by atoms with Crippen molar-refractivity contribution in [1.29, 1.82) is 0 Å². The average molecular weight is 220 g/mol. The highest BCUT2D eigenvalue weighted by Crippen LogP contribution is 2.08. The second-order valence-corrected chi connectivity index (χ2v) is 3.59. The maximum Gasteiger partial charge on any atom is 0.157 e.